The maximum absolute atomic E-state index is 5.78. The summed E-state index contributed by atoms with van der Waals surface area (Å²) in [5.41, 5.74) is 9.27. The third-order valence-electron chi connectivity index (χ3n) is 3.33. The van der Waals surface area contributed by atoms with Gasteiger partial charge in [-0.2, -0.15) is 0 Å². The van der Waals surface area contributed by atoms with Crippen molar-refractivity contribution in [2.45, 2.75) is 27.3 Å². The lowest BCUT2D eigenvalue weighted by Crippen LogP contribution is -2.36. The van der Waals surface area contributed by atoms with Crippen LogP contribution in [0.4, 0.5) is 0 Å². The first kappa shape index (κ1) is 14.0. The highest BCUT2D eigenvalue weighted by molar-refractivity contribution is 5.41. The molecule has 0 aliphatic heterocycles. The lowest BCUT2D eigenvalue weighted by Gasteiger charge is -2.28. The van der Waals surface area contributed by atoms with Gasteiger partial charge < -0.3 is 10.1 Å². The maximum atomic E-state index is 5.78. The van der Waals surface area contributed by atoms with Crippen LogP contribution in [0.15, 0.2) is 24.5 Å². The lowest BCUT2D eigenvalue weighted by atomic mass is 9.93. The molecule has 0 saturated carbocycles. The van der Waals surface area contributed by atoms with Crippen molar-refractivity contribution in [3.8, 4) is 0 Å². The molecule has 104 valence electrons. The third-order valence-corrected chi connectivity index (χ3v) is 3.33. The van der Waals surface area contributed by atoms with Gasteiger partial charge in [-0.1, -0.05) is 19.9 Å². The highest BCUT2D eigenvalue weighted by Crippen LogP contribution is 2.16. The molecule has 0 aromatic carbocycles. The van der Waals surface area contributed by atoms with Crippen LogP contribution >= 0.6 is 0 Å². The number of nitrogens with zero attached hydrogens (tertiary/aromatic N) is 3. The second-order valence-corrected chi connectivity index (χ2v) is 6.24. The minimum atomic E-state index is 0.143. The molecule has 2 N–H and O–H groups in total. The Hall–Kier alpha value is -1.39. The van der Waals surface area contributed by atoms with E-state index in [4.69, 9.17) is 5.73 Å². The molecule has 0 unspecified atom stereocenters. The summed E-state index contributed by atoms with van der Waals surface area (Å²) in [6.45, 7) is 8.99. The van der Waals surface area contributed by atoms with Crippen LogP contribution in [0, 0.1) is 12.3 Å². The molecule has 2 heterocycles. The zero-order valence-corrected chi connectivity index (χ0v) is 12.3. The Morgan fingerprint density at radius 3 is 2.74 bits per heavy atom. The quantitative estimate of drug-likeness (QED) is 0.895. The lowest BCUT2D eigenvalue weighted by molar-refractivity contribution is 0.208. The van der Waals surface area contributed by atoms with Crippen LogP contribution in [0.1, 0.15) is 25.1 Å². The minimum Gasteiger partial charge on any atom is -0.330 e. The van der Waals surface area contributed by atoms with Crippen molar-refractivity contribution in [2.75, 3.05) is 20.1 Å². The van der Waals surface area contributed by atoms with Gasteiger partial charge >= 0.3 is 0 Å². The largest absolute Gasteiger partial charge is 0.330 e. The smallest absolute Gasteiger partial charge is 0.137 e. The highest BCUT2D eigenvalue weighted by Gasteiger charge is 2.18. The van der Waals surface area contributed by atoms with E-state index in [1.165, 1.54) is 5.56 Å². The summed E-state index contributed by atoms with van der Waals surface area (Å²) < 4.78 is 2.09. The van der Waals surface area contributed by atoms with Gasteiger partial charge in [-0.3, -0.25) is 4.90 Å². The summed E-state index contributed by atoms with van der Waals surface area (Å²) in [6.07, 6.45) is 4.21. The highest BCUT2D eigenvalue weighted by atomic mass is 15.1. The summed E-state index contributed by atoms with van der Waals surface area (Å²) in [6, 6.07) is 4.15. The molecule has 0 spiro atoms. The SMILES string of the molecule is Cc1ccc2nc(CN(C)CC(C)(C)CN)cn2c1. The fourth-order valence-electron chi connectivity index (χ4n) is 2.36. The standard InChI is InChI=1S/C15H24N4/c1-12-5-6-14-17-13(9-19(14)7-12)8-18(4)11-15(2,3)10-16/h5-7,9H,8,10-11,16H2,1-4H3. The normalized spacial score (nSPS) is 12.5. The van der Waals surface area contributed by atoms with Crippen molar-refractivity contribution in [3.05, 3.63) is 35.8 Å². The summed E-state index contributed by atoms with van der Waals surface area (Å²) in [5.74, 6) is 0. The maximum Gasteiger partial charge on any atom is 0.137 e. The molecule has 2 aromatic heterocycles. The van der Waals surface area contributed by atoms with Crippen LogP contribution in [0.3, 0.4) is 0 Å². The first-order valence-corrected chi connectivity index (χ1v) is 6.72. The monoisotopic (exact) mass is 260 g/mol. The van der Waals surface area contributed by atoms with E-state index in [1.54, 1.807) is 0 Å². The summed E-state index contributed by atoms with van der Waals surface area (Å²) in [4.78, 5) is 6.92. The molecule has 0 fully saturated rings. The number of nitrogens with two attached hydrogens (primary N) is 1. The minimum absolute atomic E-state index is 0.143. The van der Waals surface area contributed by atoms with Gasteiger partial charge in [0, 0.05) is 25.5 Å². The van der Waals surface area contributed by atoms with Crippen LogP contribution in [0.25, 0.3) is 5.65 Å². The zero-order chi connectivity index (χ0) is 14.0. The van der Waals surface area contributed by atoms with E-state index in [0.29, 0.717) is 6.54 Å². The van der Waals surface area contributed by atoms with E-state index in [0.717, 1.165) is 24.4 Å². The second-order valence-electron chi connectivity index (χ2n) is 6.24. The summed E-state index contributed by atoms with van der Waals surface area (Å²) >= 11 is 0. The molecule has 0 aliphatic rings. The van der Waals surface area contributed by atoms with Gasteiger partial charge in [0.2, 0.25) is 0 Å². The molecule has 0 saturated heterocycles. The Bertz CT molecular complexity index is 556. The van der Waals surface area contributed by atoms with Gasteiger partial charge in [-0.15, -0.1) is 0 Å². The molecule has 0 radical (unpaired) electrons. The average Bonchev–Trinajstić information content (AvgIpc) is 2.69. The van der Waals surface area contributed by atoms with E-state index >= 15 is 0 Å². The zero-order valence-electron chi connectivity index (χ0n) is 12.3. The molecule has 0 aliphatic carbocycles. The summed E-state index contributed by atoms with van der Waals surface area (Å²) in [5, 5.41) is 0. The van der Waals surface area contributed by atoms with Crippen molar-refractivity contribution in [1.82, 2.24) is 14.3 Å². The predicted molar refractivity (Wildman–Crippen MR) is 79.1 cm³/mol. The van der Waals surface area contributed by atoms with Gasteiger partial charge in [0.05, 0.1) is 5.69 Å². The molecule has 2 aromatic rings. The molecule has 4 nitrogen and oxygen atoms in total. The number of hydrogen-bond donors (Lipinski definition) is 1. The molecule has 0 atom stereocenters. The topological polar surface area (TPSA) is 46.6 Å². The average molecular weight is 260 g/mol. The van der Waals surface area contributed by atoms with Crippen LogP contribution in [-0.2, 0) is 6.54 Å². The van der Waals surface area contributed by atoms with E-state index in [-0.39, 0.29) is 5.41 Å². The van der Waals surface area contributed by atoms with Gasteiger partial charge in [0.15, 0.2) is 0 Å². The Balaban J connectivity index is 2.09. The van der Waals surface area contributed by atoms with Crippen LogP contribution in [-0.4, -0.2) is 34.4 Å². The van der Waals surface area contributed by atoms with Crippen molar-refractivity contribution in [1.29, 1.82) is 0 Å². The van der Waals surface area contributed by atoms with Crippen LogP contribution in [0.2, 0.25) is 0 Å². The van der Waals surface area contributed by atoms with Crippen molar-refractivity contribution in [2.24, 2.45) is 11.1 Å². The van der Waals surface area contributed by atoms with Crippen molar-refractivity contribution < 1.29 is 0 Å². The number of aromatic nitrogens is 2. The molecule has 2 rings (SSSR count). The number of pyridine rings is 1. The first-order chi connectivity index (χ1) is 8.89. The molecular formula is C15H24N4. The molecule has 0 amide bonds. The van der Waals surface area contributed by atoms with Gasteiger partial charge in [0.25, 0.3) is 0 Å². The van der Waals surface area contributed by atoms with E-state index in [9.17, 15) is 0 Å². The van der Waals surface area contributed by atoms with E-state index in [2.05, 4.69) is 66.6 Å². The molecule has 19 heavy (non-hydrogen) atoms. The third kappa shape index (κ3) is 3.55. The number of rotatable bonds is 5. The van der Waals surface area contributed by atoms with E-state index in [1.807, 2.05) is 0 Å². The second kappa shape index (κ2) is 5.31. The fraction of sp³-hybridized carbons (Fsp3) is 0.533. The van der Waals surface area contributed by atoms with Crippen LogP contribution < -0.4 is 5.73 Å². The van der Waals surface area contributed by atoms with Crippen LogP contribution in [0.5, 0.6) is 0 Å². The Kier molecular flexibility index (Phi) is 3.92. The van der Waals surface area contributed by atoms with Gasteiger partial charge in [-0.05, 0) is 37.6 Å². The fourth-order valence-corrected chi connectivity index (χ4v) is 2.36. The van der Waals surface area contributed by atoms with E-state index < -0.39 is 0 Å². The Labute approximate surface area is 115 Å². The number of aryl methyl sites for hydroxylation is 1. The Morgan fingerprint density at radius 2 is 2.05 bits per heavy atom. The van der Waals surface area contributed by atoms with Gasteiger partial charge in [-0.25, -0.2) is 4.98 Å². The first-order valence-electron chi connectivity index (χ1n) is 6.72. The van der Waals surface area contributed by atoms with Crippen molar-refractivity contribution >= 4 is 5.65 Å². The number of imidazole rings is 1. The Morgan fingerprint density at radius 1 is 1.32 bits per heavy atom. The number of hydrogen-bond acceptors (Lipinski definition) is 3. The molecule has 0 bridgehead atoms. The molecule has 4 heteroatoms. The molecular weight excluding hydrogens is 236 g/mol. The van der Waals surface area contributed by atoms with Gasteiger partial charge in [0.1, 0.15) is 5.65 Å². The number of fused-ring (bicyclic) bond motifs is 1. The predicted octanol–water partition coefficient (Wildman–Crippen LogP) is 2.06. The summed E-state index contributed by atoms with van der Waals surface area (Å²) in [7, 11) is 2.12. The van der Waals surface area contributed by atoms with Crippen molar-refractivity contribution in [3.63, 3.8) is 0 Å².